The van der Waals surface area contributed by atoms with Crippen LogP contribution in [0.1, 0.15) is 20.8 Å². The van der Waals surface area contributed by atoms with Crippen molar-refractivity contribution in [3.8, 4) is 5.75 Å². The molecule has 24 heavy (non-hydrogen) atoms. The van der Waals surface area contributed by atoms with Crippen LogP contribution in [0.15, 0.2) is 43.0 Å². The molecule has 0 spiro atoms. The van der Waals surface area contributed by atoms with Gasteiger partial charge in [-0.15, -0.1) is 0 Å². The molecule has 0 aliphatic carbocycles. The van der Waals surface area contributed by atoms with Crippen LogP contribution in [0, 0.1) is 5.41 Å². The number of para-hydroxylation sites is 1. The van der Waals surface area contributed by atoms with E-state index in [0.717, 1.165) is 0 Å². The van der Waals surface area contributed by atoms with Crippen molar-refractivity contribution in [1.82, 2.24) is 19.9 Å². The van der Waals surface area contributed by atoms with Crippen molar-refractivity contribution in [3.63, 3.8) is 0 Å². The number of amides is 1. The first-order valence-corrected chi connectivity index (χ1v) is 7.62. The lowest BCUT2D eigenvalue weighted by molar-refractivity contribution is -0.127. The average Bonchev–Trinajstić information content (AvgIpc) is 3.02. The number of fused-ring (bicyclic) bond motifs is 1. The third-order valence-corrected chi connectivity index (χ3v) is 3.49. The van der Waals surface area contributed by atoms with Gasteiger partial charge in [-0.05, 0) is 12.1 Å². The minimum absolute atomic E-state index is 0.277. The molecule has 0 saturated carbocycles. The van der Waals surface area contributed by atoms with Crippen molar-refractivity contribution >= 4 is 22.9 Å². The number of aromatic nitrogens is 4. The Hall–Kier alpha value is -2.96. The Morgan fingerprint density at radius 1 is 1.17 bits per heavy atom. The molecule has 7 nitrogen and oxygen atoms in total. The van der Waals surface area contributed by atoms with E-state index in [2.05, 4.69) is 25.3 Å². The third-order valence-electron chi connectivity index (χ3n) is 3.49. The molecule has 7 heteroatoms. The second-order valence-corrected chi connectivity index (χ2v) is 6.49. The first kappa shape index (κ1) is 15.9. The van der Waals surface area contributed by atoms with Gasteiger partial charge < -0.3 is 15.0 Å². The van der Waals surface area contributed by atoms with Crippen molar-refractivity contribution in [2.75, 3.05) is 5.32 Å². The summed E-state index contributed by atoms with van der Waals surface area (Å²) in [5.41, 5.74) is 0.676. The molecule has 3 aromatic rings. The summed E-state index contributed by atoms with van der Waals surface area (Å²) < 4.78 is 5.93. The summed E-state index contributed by atoms with van der Waals surface area (Å²) in [5, 5.41) is 2.81. The number of nitrogens with one attached hydrogen (secondary N) is 2. The van der Waals surface area contributed by atoms with E-state index in [1.165, 1.54) is 12.7 Å². The molecule has 3 rings (SSSR count). The molecule has 1 atom stereocenters. The molecule has 1 aromatic carbocycles. The van der Waals surface area contributed by atoms with Gasteiger partial charge in [0.05, 0.1) is 6.33 Å². The number of anilines is 1. The topological polar surface area (TPSA) is 92.8 Å². The fraction of sp³-hybridized carbons (Fsp3) is 0.294. The van der Waals surface area contributed by atoms with Gasteiger partial charge in [0.2, 0.25) is 0 Å². The monoisotopic (exact) mass is 325 g/mol. The van der Waals surface area contributed by atoms with E-state index in [1.54, 1.807) is 0 Å². The van der Waals surface area contributed by atoms with Gasteiger partial charge in [-0.25, -0.2) is 15.0 Å². The molecule has 2 heterocycles. The third kappa shape index (κ3) is 3.34. The van der Waals surface area contributed by atoms with Gasteiger partial charge in [-0.1, -0.05) is 39.0 Å². The minimum Gasteiger partial charge on any atom is -0.480 e. The molecule has 1 unspecified atom stereocenters. The number of nitrogens with zero attached hydrogens (tertiary/aromatic N) is 3. The maximum atomic E-state index is 12.8. The number of H-pyrrole nitrogens is 1. The van der Waals surface area contributed by atoms with E-state index in [0.29, 0.717) is 22.7 Å². The number of imidazole rings is 1. The summed E-state index contributed by atoms with van der Waals surface area (Å²) in [7, 11) is 0. The van der Waals surface area contributed by atoms with Crippen molar-refractivity contribution in [1.29, 1.82) is 0 Å². The number of carbonyl (C=O) groups excluding carboxylic acids is 1. The molecule has 124 valence electrons. The van der Waals surface area contributed by atoms with Crippen LogP contribution in [0.2, 0.25) is 0 Å². The van der Waals surface area contributed by atoms with Crippen molar-refractivity contribution in [3.05, 3.63) is 43.0 Å². The molecular formula is C17H19N5O2. The van der Waals surface area contributed by atoms with Crippen molar-refractivity contribution < 1.29 is 9.53 Å². The fourth-order valence-electron chi connectivity index (χ4n) is 2.30. The zero-order valence-electron chi connectivity index (χ0n) is 13.8. The molecule has 0 bridgehead atoms. The Morgan fingerprint density at radius 2 is 1.92 bits per heavy atom. The highest BCUT2D eigenvalue weighted by Crippen LogP contribution is 2.26. The van der Waals surface area contributed by atoms with Gasteiger partial charge >= 0.3 is 0 Å². The number of hydrogen-bond acceptors (Lipinski definition) is 5. The van der Waals surface area contributed by atoms with Crippen LogP contribution in [0.4, 0.5) is 5.82 Å². The van der Waals surface area contributed by atoms with Gasteiger partial charge in [0, 0.05) is 5.41 Å². The summed E-state index contributed by atoms with van der Waals surface area (Å²) in [6, 6.07) is 9.28. The molecule has 0 saturated heterocycles. The standard InChI is InChI=1S/C17H19N5O2/c1-17(2,3)13(24-11-7-5-4-6-8-11)16(23)22-15-12-14(19-9-18-12)20-10-21-15/h4-10,13H,1-3H3,(H2,18,19,20,21,22,23). The Kier molecular flexibility index (Phi) is 4.16. The molecule has 0 aliphatic rings. The zero-order chi connectivity index (χ0) is 17.2. The van der Waals surface area contributed by atoms with Gasteiger partial charge in [0.1, 0.15) is 17.6 Å². The molecule has 0 aliphatic heterocycles. The van der Waals surface area contributed by atoms with E-state index < -0.39 is 11.5 Å². The SMILES string of the molecule is CC(C)(C)C(Oc1ccccc1)C(=O)Nc1ncnc2nc[nH]c12. The van der Waals surface area contributed by atoms with Gasteiger partial charge in [0.25, 0.3) is 5.91 Å². The Balaban J connectivity index is 1.85. The van der Waals surface area contributed by atoms with E-state index in [1.807, 2.05) is 51.1 Å². The second-order valence-electron chi connectivity index (χ2n) is 6.49. The van der Waals surface area contributed by atoms with Crippen LogP contribution in [0.3, 0.4) is 0 Å². The molecule has 0 radical (unpaired) electrons. The minimum atomic E-state index is -0.687. The van der Waals surface area contributed by atoms with Crippen LogP contribution in [0.25, 0.3) is 11.2 Å². The predicted octanol–water partition coefficient (Wildman–Crippen LogP) is 2.79. The maximum Gasteiger partial charge on any atom is 0.267 e. The van der Waals surface area contributed by atoms with E-state index in [9.17, 15) is 4.79 Å². The molecule has 2 aromatic heterocycles. The molecular weight excluding hydrogens is 306 g/mol. The lowest BCUT2D eigenvalue weighted by atomic mass is 9.88. The molecule has 1 amide bonds. The largest absolute Gasteiger partial charge is 0.480 e. The van der Waals surface area contributed by atoms with Gasteiger partial charge in [-0.3, -0.25) is 4.79 Å². The number of hydrogen-bond donors (Lipinski definition) is 2. The predicted molar refractivity (Wildman–Crippen MR) is 90.6 cm³/mol. The van der Waals surface area contributed by atoms with Crippen LogP contribution in [0.5, 0.6) is 5.75 Å². The van der Waals surface area contributed by atoms with Gasteiger partial charge in [0.15, 0.2) is 17.6 Å². The highest BCUT2D eigenvalue weighted by Gasteiger charge is 2.34. The number of rotatable bonds is 4. The highest BCUT2D eigenvalue weighted by molar-refractivity contribution is 5.99. The first-order valence-electron chi connectivity index (χ1n) is 7.62. The van der Waals surface area contributed by atoms with E-state index in [4.69, 9.17) is 4.74 Å². The Bertz CT molecular complexity index is 839. The number of benzene rings is 1. The number of ether oxygens (including phenoxy) is 1. The second kappa shape index (κ2) is 6.27. The number of aromatic amines is 1. The maximum absolute atomic E-state index is 12.8. The summed E-state index contributed by atoms with van der Waals surface area (Å²) in [5.74, 6) is 0.747. The Labute approximate surface area is 139 Å². The van der Waals surface area contributed by atoms with Crippen molar-refractivity contribution in [2.24, 2.45) is 5.41 Å². The molecule has 0 fully saturated rings. The van der Waals surface area contributed by atoms with Crippen molar-refractivity contribution in [2.45, 2.75) is 26.9 Å². The highest BCUT2D eigenvalue weighted by atomic mass is 16.5. The molecule has 2 N–H and O–H groups in total. The van der Waals surface area contributed by atoms with E-state index >= 15 is 0 Å². The van der Waals surface area contributed by atoms with Crippen LogP contribution >= 0.6 is 0 Å². The zero-order valence-corrected chi connectivity index (χ0v) is 13.8. The lowest BCUT2D eigenvalue weighted by Crippen LogP contribution is -2.43. The summed E-state index contributed by atoms with van der Waals surface area (Å²) >= 11 is 0. The van der Waals surface area contributed by atoms with E-state index in [-0.39, 0.29) is 5.91 Å². The normalized spacial score (nSPS) is 12.8. The smallest absolute Gasteiger partial charge is 0.267 e. The summed E-state index contributed by atoms with van der Waals surface area (Å²) in [4.78, 5) is 27.9. The fourth-order valence-corrected chi connectivity index (χ4v) is 2.30. The van der Waals surface area contributed by atoms with Crippen LogP contribution < -0.4 is 10.1 Å². The van der Waals surface area contributed by atoms with Crippen LogP contribution in [-0.2, 0) is 4.79 Å². The lowest BCUT2D eigenvalue weighted by Gasteiger charge is -2.29. The number of carbonyl (C=O) groups is 1. The van der Waals surface area contributed by atoms with Crippen LogP contribution in [-0.4, -0.2) is 31.9 Å². The quantitative estimate of drug-likeness (QED) is 0.769. The van der Waals surface area contributed by atoms with Gasteiger partial charge in [-0.2, -0.15) is 0 Å². The summed E-state index contributed by atoms with van der Waals surface area (Å²) in [6.45, 7) is 5.85. The summed E-state index contributed by atoms with van der Waals surface area (Å²) in [6.07, 6.45) is 2.19. The average molecular weight is 325 g/mol. The first-order chi connectivity index (χ1) is 11.4. The Morgan fingerprint density at radius 3 is 2.62 bits per heavy atom.